The van der Waals surface area contributed by atoms with Gasteiger partial charge in [-0.1, -0.05) is 11.6 Å². The van der Waals surface area contributed by atoms with Crippen LogP contribution in [0.3, 0.4) is 0 Å². The molecule has 0 saturated carbocycles. The van der Waals surface area contributed by atoms with Crippen LogP contribution in [0.1, 0.15) is 42.5 Å². The molecule has 0 spiro atoms. The number of halogens is 1. The van der Waals surface area contributed by atoms with E-state index in [4.69, 9.17) is 4.74 Å². The molecule has 25 heavy (non-hydrogen) atoms. The van der Waals surface area contributed by atoms with Crippen molar-refractivity contribution in [2.24, 2.45) is 0 Å². The van der Waals surface area contributed by atoms with E-state index in [-0.39, 0.29) is 15.7 Å². The zero-order valence-corrected chi connectivity index (χ0v) is 15.2. The third-order valence-corrected chi connectivity index (χ3v) is 4.54. The quantitative estimate of drug-likeness (QED) is 0.320. The monoisotopic (exact) mass is 410 g/mol. The van der Waals surface area contributed by atoms with Crippen molar-refractivity contribution in [3.63, 3.8) is 0 Å². The number of hydrogen-bond acceptors (Lipinski definition) is 5. The van der Waals surface area contributed by atoms with Gasteiger partial charge < -0.3 is 10.1 Å². The normalized spacial score (nSPS) is 13.7. The molecule has 0 atom stereocenters. The van der Waals surface area contributed by atoms with Crippen LogP contribution >= 0.6 is 15.9 Å². The SMILES string of the molecule is O=C(COC(=O)c1ccc(Br)c([N+](=O)[O-])c1)NCCC1=CCCCC1. The molecule has 0 radical (unpaired) electrons. The highest BCUT2D eigenvalue weighted by Gasteiger charge is 2.17. The zero-order valence-electron chi connectivity index (χ0n) is 13.6. The van der Waals surface area contributed by atoms with Gasteiger partial charge in [-0.25, -0.2) is 4.79 Å². The minimum absolute atomic E-state index is 0.0232. The summed E-state index contributed by atoms with van der Waals surface area (Å²) < 4.78 is 5.17. The lowest BCUT2D eigenvalue weighted by Gasteiger charge is -2.13. The first-order valence-electron chi connectivity index (χ1n) is 8.03. The molecule has 2 rings (SSSR count). The van der Waals surface area contributed by atoms with Crippen LogP contribution in [-0.2, 0) is 9.53 Å². The van der Waals surface area contributed by atoms with Crippen molar-refractivity contribution in [3.8, 4) is 0 Å². The zero-order chi connectivity index (χ0) is 18.2. The predicted molar refractivity (Wildman–Crippen MR) is 95.3 cm³/mol. The van der Waals surface area contributed by atoms with Crippen molar-refractivity contribution in [1.29, 1.82) is 0 Å². The van der Waals surface area contributed by atoms with E-state index >= 15 is 0 Å². The third kappa shape index (κ3) is 5.97. The lowest BCUT2D eigenvalue weighted by atomic mass is 9.97. The van der Waals surface area contributed by atoms with E-state index in [2.05, 4.69) is 27.3 Å². The Labute approximate surface area is 153 Å². The fraction of sp³-hybridized carbons (Fsp3) is 0.412. The number of esters is 1. The maximum atomic E-state index is 11.9. The highest BCUT2D eigenvalue weighted by molar-refractivity contribution is 9.10. The standard InChI is InChI=1S/C17H19BrN2O5/c18-14-7-6-13(10-15(14)20(23)24)17(22)25-11-16(21)19-9-8-12-4-2-1-3-5-12/h4,6-7,10H,1-3,5,8-9,11H2,(H,19,21). The summed E-state index contributed by atoms with van der Waals surface area (Å²) >= 11 is 3.04. The number of nitro benzene ring substituents is 1. The van der Waals surface area contributed by atoms with Gasteiger partial charge in [-0.15, -0.1) is 0 Å². The smallest absolute Gasteiger partial charge is 0.338 e. The van der Waals surface area contributed by atoms with Crippen LogP contribution in [0, 0.1) is 10.1 Å². The lowest BCUT2D eigenvalue weighted by molar-refractivity contribution is -0.385. The van der Waals surface area contributed by atoms with Crippen LogP contribution < -0.4 is 5.32 Å². The molecular formula is C17H19BrN2O5. The minimum atomic E-state index is -0.777. The first-order valence-corrected chi connectivity index (χ1v) is 8.82. The van der Waals surface area contributed by atoms with Crippen molar-refractivity contribution in [3.05, 3.63) is 50.0 Å². The molecule has 1 aliphatic carbocycles. The summed E-state index contributed by atoms with van der Waals surface area (Å²) in [4.78, 5) is 33.9. The number of benzene rings is 1. The minimum Gasteiger partial charge on any atom is -0.452 e. The Morgan fingerprint density at radius 3 is 2.80 bits per heavy atom. The molecule has 1 N–H and O–H groups in total. The van der Waals surface area contributed by atoms with Gasteiger partial charge in [0, 0.05) is 12.6 Å². The van der Waals surface area contributed by atoms with E-state index in [1.165, 1.54) is 30.5 Å². The molecule has 1 aromatic carbocycles. The highest BCUT2D eigenvalue weighted by Crippen LogP contribution is 2.25. The first kappa shape index (κ1) is 19.1. The van der Waals surface area contributed by atoms with Crippen LogP contribution in [-0.4, -0.2) is 30.0 Å². The maximum Gasteiger partial charge on any atom is 0.338 e. The van der Waals surface area contributed by atoms with Gasteiger partial charge in [0.15, 0.2) is 6.61 Å². The number of rotatable bonds is 7. The van der Waals surface area contributed by atoms with Gasteiger partial charge in [0.1, 0.15) is 0 Å². The summed E-state index contributed by atoms with van der Waals surface area (Å²) in [5.41, 5.74) is 1.14. The Morgan fingerprint density at radius 1 is 1.32 bits per heavy atom. The van der Waals surface area contributed by atoms with Crippen LogP contribution in [0.5, 0.6) is 0 Å². The largest absolute Gasteiger partial charge is 0.452 e. The van der Waals surface area contributed by atoms with Crippen molar-refractivity contribution < 1.29 is 19.2 Å². The van der Waals surface area contributed by atoms with E-state index in [9.17, 15) is 19.7 Å². The van der Waals surface area contributed by atoms with Gasteiger partial charge in [0.05, 0.1) is 15.0 Å². The van der Waals surface area contributed by atoms with Crippen LogP contribution in [0.4, 0.5) is 5.69 Å². The summed E-state index contributed by atoms with van der Waals surface area (Å²) in [6.07, 6.45) is 7.61. The predicted octanol–water partition coefficient (Wildman–Crippen LogP) is 3.52. The van der Waals surface area contributed by atoms with Gasteiger partial charge in [-0.05, 0) is 60.2 Å². The molecule has 1 aromatic rings. The Morgan fingerprint density at radius 2 is 2.12 bits per heavy atom. The highest BCUT2D eigenvalue weighted by atomic mass is 79.9. The molecule has 7 nitrogen and oxygen atoms in total. The van der Waals surface area contributed by atoms with Gasteiger partial charge in [0.25, 0.3) is 11.6 Å². The number of nitrogens with zero attached hydrogens (tertiary/aromatic N) is 1. The number of hydrogen-bond donors (Lipinski definition) is 1. The van der Waals surface area contributed by atoms with Crippen LogP contribution in [0.25, 0.3) is 0 Å². The van der Waals surface area contributed by atoms with Crippen molar-refractivity contribution in [2.75, 3.05) is 13.2 Å². The van der Waals surface area contributed by atoms with Gasteiger partial charge in [-0.3, -0.25) is 14.9 Å². The summed E-state index contributed by atoms with van der Waals surface area (Å²) in [7, 11) is 0. The number of nitro groups is 1. The number of allylic oxidation sites excluding steroid dienone is 1. The second kappa shape index (κ2) is 9.31. The van der Waals surface area contributed by atoms with Gasteiger partial charge >= 0.3 is 5.97 Å². The molecule has 0 heterocycles. The average Bonchev–Trinajstić information content (AvgIpc) is 2.60. The Balaban J connectivity index is 1.77. The fourth-order valence-electron chi connectivity index (χ4n) is 2.54. The van der Waals surface area contributed by atoms with E-state index < -0.39 is 23.4 Å². The number of carbonyl (C=O) groups is 2. The number of carbonyl (C=O) groups excluding carboxylic acids is 2. The van der Waals surface area contributed by atoms with Crippen molar-refractivity contribution >= 4 is 33.5 Å². The van der Waals surface area contributed by atoms with Crippen LogP contribution in [0.2, 0.25) is 0 Å². The molecule has 8 heteroatoms. The van der Waals surface area contributed by atoms with Gasteiger partial charge in [-0.2, -0.15) is 0 Å². The summed E-state index contributed by atoms with van der Waals surface area (Å²) in [5, 5.41) is 13.6. The number of ether oxygens (including phenoxy) is 1. The Hall–Kier alpha value is -2.22. The van der Waals surface area contributed by atoms with E-state index in [1.54, 1.807) is 0 Å². The first-order chi connectivity index (χ1) is 12.0. The van der Waals surface area contributed by atoms with E-state index in [0.717, 1.165) is 25.3 Å². The molecule has 1 aliphatic rings. The molecule has 0 fully saturated rings. The maximum absolute atomic E-state index is 11.9. The Kier molecular flexibility index (Phi) is 7.12. The molecule has 0 bridgehead atoms. The van der Waals surface area contributed by atoms with E-state index in [0.29, 0.717) is 6.54 Å². The molecular weight excluding hydrogens is 392 g/mol. The molecule has 134 valence electrons. The fourth-order valence-corrected chi connectivity index (χ4v) is 2.93. The van der Waals surface area contributed by atoms with Crippen molar-refractivity contribution in [1.82, 2.24) is 5.32 Å². The average molecular weight is 411 g/mol. The van der Waals surface area contributed by atoms with Crippen molar-refractivity contribution in [2.45, 2.75) is 32.1 Å². The second-order valence-electron chi connectivity index (χ2n) is 5.71. The summed E-state index contributed by atoms with van der Waals surface area (Å²) in [6, 6.07) is 3.90. The Bertz CT molecular complexity index is 702. The third-order valence-electron chi connectivity index (χ3n) is 3.87. The molecule has 0 aromatic heterocycles. The molecule has 1 amide bonds. The molecule has 0 unspecified atom stereocenters. The molecule has 0 aliphatic heterocycles. The lowest BCUT2D eigenvalue weighted by Crippen LogP contribution is -2.29. The molecule has 0 saturated heterocycles. The van der Waals surface area contributed by atoms with Crippen LogP contribution in [0.15, 0.2) is 34.3 Å². The summed E-state index contributed by atoms with van der Waals surface area (Å²) in [6.45, 7) is 0.0910. The summed E-state index contributed by atoms with van der Waals surface area (Å²) in [5.74, 6) is -1.17. The van der Waals surface area contributed by atoms with E-state index in [1.807, 2.05) is 0 Å². The number of amides is 1. The topological polar surface area (TPSA) is 98.5 Å². The second-order valence-corrected chi connectivity index (χ2v) is 6.56. The number of nitrogens with one attached hydrogen (secondary N) is 1. The van der Waals surface area contributed by atoms with Gasteiger partial charge in [0.2, 0.25) is 0 Å².